The maximum Gasteiger partial charge on any atom is 0.328 e. The van der Waals surface area contributed by atoms with Gasteiger partial charge in [0.15, 0.2) is 0 Å². The van der Waals surface area contributed by atoms with Crippen molar-refractivity contribution in [2.75, 3.05) is 13.1 Å². The number of rotatable bonds is 4. The maximum absolute atomic E-state index is 12.0. The highest BCUT2D eigenvalue weighted by Crippen LogP contribution is 2.34. The van der Waals surface area contributed by atoms with E-state index in [0.29, 0.717) is 6.42 Å². The summed E-state index contributed by atoms with van der Waals surface area (Å²) >= 11 is 0. The summed E-state index contributed by atoms with van der Waals surface area (Å²) < 4.78 is 0. The molecule has 0 spiro atoms. The van der Waals surface area contributed by atoms with Crippen molar-refractivity contribution in [2.45, 2.75) is 44.6 Å². The van der Waals surface area contributed by atoms with E-state index in [2.05, 4.69) is 4.90 Å². The van der Waals surface area contributed by atoms with Crippen LogP contribution in [0.25, 0.3) is 0 Å². The van der Waals surface area contributed by atoms with E-state index >= 15 is 0 Å². The Morgan fingerprint density at radius 1 is 1.16 bits per heavy atom. The van der Waals surface area contributed by atoms with Gasteiger partial charge in [-0.25, -0.2) is 4.79 Å². The number of hydrogen-bond acceptors (Lipinski definition) is 2. The van der Waals surface area contributed by atoms with Crippen LogP contribution in [0, 0.1) is 0 Å². The van der Waals surface area contributed by atoms with Crippen molar-refractivity contribution in [2.24, 2.45) is 0 Å². The number of benzene rings is 1. The Bertz CT molecular complexity index is 410. The van der Waals surface area contributed by atoms with E-state index in [0.717, 1.165) is 31.5 Å². The molecule has 2 rings (SSSR count). The molecule has 3 nitrogen and oxygen atoms in total. The summed E-state index contributed by atoms with van der Waals surface area (Å²) in [7, 11) is 0. The van der Waals surface area contributed by atoms with Gasteiger partial charge in [0.25, 0.3) is 0 Å². The Kier molecular flexibility index (Phi) is 4.59. The third-order valence-corrected chi connectivity index (χ3v) is 4.26. The number of carboxylic acids is 1. The van der Waals surface area contributed by atoms with Crippen molar-refractivity contribution < 1.29 is 9.90 Å². The van der Waals surface area contributed by atoms with Gasteiger partial charge in [0.2, 0.25) is 0 Å². The predicted octanol–water partition coefficient (Wildman–Crippen LogP) is 3.25. The van der Waals surface area contributed by atoms with Gasteiger partial charge in [-0.05, 0) is 37.9 Å². The van der Waals surface area contributed by atoms with Crippen molar-refractivity contribution in [3.05, 3.63) is 35.9 Å². The molecule has 0 bridgehead atoms. The molecule has 1 fully saturated rings. The molecule has 1 unspecified atom stereocenters. The molecule has 1 atom stereocenters. The minimum Gasteiger partial charge on any atom is -0.480 e. The zero-order chi connectivity index (χ0) is 13.7. The minimum atomic E-state index is -0.856. The molecular weight excluding hydrogens is 238 g/mol. The fourth-order valence-electron chi connectivity index (χ4n) is 3.19. The number of likely N-dealkylation sites (tertiary alicyclic amines) is 1. The topological polar surface area (TPSA) is 40.5 Å². The van der Waals surface area contributed by atoms with Crippen molar-refractivity contribution in [3.63, 3.8) is 0 Å². The van der Waals surface area contributed by atoms with Crippen LogP contribution in [-0.2, 0) is 10.3 Å². The second-order valence-electron chi connectivity index (χ2n) is 5.29. The van der Waals surface area contributed by atoms with Gasteiger partial charge in [-0.2, -0.15) is 0 Å². The van der Waals surface area contributed by atoms with E-state index in [-0.39, 0.29) is 0 Å². The first-order valence-electron chi connectivity index (χ1n) is 7.26. The van der Waals surface area contributed by atoms with Crippen LogP contribution in [0.3, 0.4) is 0 Å². The van der Waals surface area contributed by atoms with Gasteiger partial charge in [-0.15, -0.1) is 0 Å². The van der Waals surface area contributed by atoms with Crippen LogP contribution in [0.15, 0.2) is 30.3 Å². The normalized spacial score (nSPS) is 20.5. The van der Waals surface area contributed by atoms with Crippen LogP contribution in [0.4, 0.5) is 0 Å². The highest BCUT2D eigenvalue weighted by molar-refractivity contribution is 5.80. The van der Waals surface area contributed by atoms with Crippen LogP contribution in [0.2, 0.25) is 0 Å². The number of hydrogen-bond donors (Lipinski definition) is 1. The monoisotopic (exact) mass is 261 g/mol. The summed E-state index contributed by atoms with van der Waals surface area (Å²) in [6, 6.07) is 9.69. The molecule has 19 heavy (non-hydrogen) atoms. The molecule has 3 heteroatoms. The molecule has 0 aliphatic carbocycles. The first kappa shape index (κ1) is 14.1. The van der Waals surface area contributed by atoms with E-state index in [1.54, 1.807) is 0 Å². The zero-order valence-electron chi connectivity index (χ0n) is 11.6. The first-order chi connectivity index (χ1) is 9.21. The van der Waals surface area contributed by atoms with Crippen LogP contribution in [0.5, 0.6) is 0 Å². The molecule has 1 aromatic carbocycles. The Morgan fingerprint density at radius 3 is 2.21 bits per heavy atom. The lowest BCUT2D eigenvalue weighted by Gasteiger charge is -2.40. The number of carboxylic acid groups (broad SMARTS) is 1. The summed E-state index contributed by atoms with van der Waals surface area (Å²) in [6.07, 6.45) is 5.23. The van der Waals surface area contributed by atoms with E-state index in [1.165, 1.54) is 12.8 Å². The van der Waals surface area contributed by atoms with Crippen molar-refractivity contribution in [1.29, 1.82) is 0 Å². The minimum absolute atomic E-state index is 0.604. The van der Waals surface area contributed by atoms with Crippen molar-refractivity contribution in [1.82, 2.24) is 4.90 Å². The third kappa shape index (κ3) is 2.66. The van der Waals surface area contributed by atoms with Crippen molar-refractivity contribution in [3.8, 4) is 0 Å². The lowest BCUT2D eigenvalue weighted by Crippen LogP contribution is -2.52. The fraction of sp³-hybridized carbons (Fsp3) is 0.562. The Balaban J connectivity index is 2.41. The fourth-order valence-corrected chi connectivity index (χ4v) is 3.19. The molecular formula is C16H23NO2. The van der Waals surface area contributed by atoms with Crippen LogP contribution in [-0.4, -0.2) is 29.1 Å². The summed E-state index contributed by atoms with van der Waals surface area (Å²) in [5.41, 5.74) is 0.0536. The van der Waals surface area contributed by atoms with Gasteiger partial charge >= 0.3 is 5.97 Å². The molecule has 1 aliphatic rings. The largest absolute Gasteiger partial charge is 0.480 e. The lowest BCUT2D eigenvalue weighted by molar-refractivity contribution is -0.153. The first-order valence-corrected chi connectivity index (χ1v) is 7.26. The van der Waals surface area contributed by atoms with Gasteiger partial charge < -0.3 is 5.11 Å². The van der Waals surface area contributed by atoms with E-state index < -0.39 is 11.5 Å². The smallest absolute Gasteiger partial charge is 0.328 e. The van der Waals surface area contributed by atoms with Gasteiger partial charge in [-0.3, -0.25) is 4.90 Å². The van der Waals surface area contributed by atoms with Crippen molar-refractivity contribution >= 4 is 5.97 Å². The van der Waals surface area contributed by atoms with Crippen LogP contribution < -0.4 is 0 Å². The molecule has 104 valence electrons. The summed E-state index contributed by atoms with van der Waals surface area (Å²) in [5, 5.41) is 9.88. The van der Waals surface area contributed by atoms with Gasteiger partial charge in [-0.1, -0.05) is 50.1 Å². The van der Waals surface area contributed by atoms with E-state index in [1.807, 2.05) is 37.3 Å². The second kappa shape index (κ2) is 6.20. The highest BCUT2D eigenvalue weighted by Gasteiger charge is 2.44. The molecule has 0 saturated carbocycles. The lowest BCUT2D eigenvalue weighted by atomic mass is 9.85. The SMILES string of the molecule is CCC(C(=O)O)(c1ccccc1)N1CCCCCC1. The third-order valence-electron chi connectivity index (χ3n) is 4.26. The average Bonchev–Trinajstić information content (AvgIpc) is 2.71. The molecule has 1 N–H and O–H groups in total. The molecule has 1 heterocycles. The molecule has 0 amide bonds. The zero-order valence-corrected chi connectivity index (χ0v) is 11.6. The molecule has 0 radical (unpaired) electrons. The standard InChI is InChI=1S/C16H23NO2/c1-2-16(15(18)19,14-10-6-5-7-11-14)17-12-8-3-4-9-13-17/h5-7,10-11H,2-4,8-9,12-13H2,1H3,(H,18,19). The maximum atomic E-state index is 12.0. The average molecular weight is 261 g/mol. The van der Waals surface area contributed by atoms with Gasteiger partial charge in [0.1, 0.15) is 5.54 Å². The Hall–Kier alpha value is -1.35. The Morgan fingerprint density at radius 2 is 1.74 bits per heavy atom. The molecule has 1 saturated heterocycles. The number of nitrogens with zero attached hydrogens (tertiary/aromatic N) is 1. The molecule has 0 aromatic heterocycles. The van der Waals surface area contributed by atoms with Crippen LogP contribution >= 0.6 is 0 Å². The van der Waals surface area contributed by atoms with Crippen LogP contribution in [0.1, 0.15) is 44.6 Å². The summed E-state index contributed by atoms with van der Waals surface area (Å²) in [5.74, 6) is -0.719. The summed E-state index contributed by atoms with van der Waals surface area (Å²) in [4.78, 5) is 14.2. The molecule has 1 aliphatic heterocycles. The quantitative estimate of drug-likeness (QED) is 0.904. The van der Waals surface area contributed by atoms with Gasteiger partial charge in [0.05, 0.1) is 0 Å². The highest BCUT2D eigenvalue weighted by atomic mass is 16.4. The number of carbonyl (C=O) groups is 1. The molecule has 1 aromatic rings. The number of aliphatic carboxylic acids is 1. The predicted molar refractivity (Wildman–Crippen MR) is 76.1 cm³/mol. The van der Waals surface area contributed by atoms with E-state index in [4.69, 9.17) is 0 Å². The summed E-state index contributed by atoms with van der Waals surface area (Å²) in [6.45, 7) is 3.75. The second-order valence-corrected chi connectivity index (χ2v) is 5.29. The van der Waals surface area contributed by atoms with E-state index in [9.17, 15) is 9.90 Å². The van der Waals surface area contributed by atoms with Gasteiger partial charge in [0, 0.05) is 0 Å². The Labute approximate surface area is 115 Å².